The van der Waals surface area contributed by atoms with Crippen LogP contribution < -0.4 is 4.72 Å². The first-order chi connectivity index (χ1) is 10.0. The molecule has 0 fully saturated rings. The Morgan fingerprint density at radius 2 is 1.90 bits per heavy atom. The summed E-state index contributed by atoms with van der Waals surface area (Å²) >= 11 is 13.1. The molecule has 0 atom stereocenters. The van der Waals surface area contributed by atoms with Crippen molar-refractivity contribution in [1.29, 1.82) is 0 Å². The number of benzene rings is 1. The van der Waals surface area contributed by atoms with Crippen LogP contribution in [0.4, 0.5) is 0 Å². The van der Waals surface area contributed by atoms with Gasteiger partial charge in [-0.25, -0.2) is 13.1 Å². The van der Waals surface area contributed by atoms with Gasteiger partial charge in [0.25, 0.3) is 0 Å². The summed E-state index contributed by atoms with van der Waals surface area (Å²) in [5.41, 5.74) is 1.20. The van der Waals surface area contributed by atoms with E-state index in [-0.39, 0.29) is 4.90 Å². The standard InChI is InChI=1S/C14H15Cl2NO2S2/c15-9-13-8-11(10-20-13)2-1-7-17-21(18,19)14-5-3-12(16)4-6-14/h3-6,8,10,17H,1-2,7,9H2. The highest BCUT2D eigenvalue weighted by molar-refractivity contribution is 7.89. The lowest BCUT2D eigenvalue weighted by molar-refractivity contribution is 0.579. The number of thiophene rings is 1. The van der Waals surface area contributed by atoms with E-state index >= 15 is 0 Å². The minimum atomic E-state index is -3.46. The van der Waals surface area contributed by atoms with Crippen LogP contribution in [0.1, 0.15) is 16.9 Å². The average molecular weight is 364 g/mol. The summed E-state index contributed by atoms with van der Waals surface area (Å²) in [5.74, 6) is 0.522. The number of alkyl halides is 1. The quantitative estimate of drug-likeness (QED) is 0.595. The summed E-state index contributed by atoms with van der Waals surface area (Å²) in [4.78, 5) is 1.36. The van der Waals surface area contributed by atoms with E-state index in [1.165, 1.54) is 17.7 Å². The normalized spacial score (nSPS) is 11.7. The molecule has 0 saturated heterocycles. The maximum Gasteiger partial charge on any atom is 0.240 e. The van der Waals surface area contributed by atoms with Crippen LogP contribution in [0.15, 0.2) is 40.6 Å². The Kier molecular flexibility index (Phi) is 6.08. The fourth-order valence-corrected chi connectivity index (χ4v) is 4.06. The lowest BCUT2D eigenvalue weighted by atomic mass is 10.2. The second-order valence-electron chi connectivity index (χ2n) is 4.51. The van der Waals surface area contributed by atoms with Crippen LogP contribution in [0, 0.1) is 0 Å². The van der Waals surface area contributed by atoms with Gasteiger partial charge in [0, 0.05) is 16.4 Å². The van der Waals surface area contributed by atoms with Gasteiger partial charge in [-0.3, -0.25) is 0 Å². The highest BCUT2D eigenvalue weighted by atomic mass is 35.5. The van der Waals surface area contributed by atoms with E-state index in [4.69, 9.17) is 23.2 Å². The fraction of sp³-hybridized carbons (Fsp3) is 0.286. The van der Waals surface area contributed by atoms with Gasteiger partial charge in [-0.1, -0.05) is 11.6 Å². The molecule has 0 spiro atoms. The van der Waals surface area contributed by atoms with Crippen LogP contribution in [0.3, 0.4) is 0 Å². The Hall–Kier alpha value is -0.590. The molecule has 0 aliphatic rings. The fourth-order valence-electron chi connectivity index (χ4n) is 1.82. The van der Waals surface area contributed by atoms with Gasteiger partial charge >= 0.3 is 0 Å². The Labute approximate surface area is 139 Å². The zero-order valence-electron chi connectivity index (χ0n) is 11.2. The van der Waals surface area contributed by atoms with Crippen molar-refractivity contribution in [2.45, 2.75) is 23.6 Å². The van der Waals surface area contributed by atoms with E-state index in [1.807, 2.05) is 0 Å². The van der Waals surface area contributed by atoms with Gasteiger partial charge in [0.1, 0.15) is 0 Å². The Bertz CT molecular complexity index is 681. The van der Waals surface area contributed by atoms with Gasteiger partial charge in [-0.2, -0.15) is 0 Å². The van der Waals surface area contributed by atoms with E-state index in [9.17, 15) is 8.42 Å². The maximum atomic E-state index is 12.0. The van der Waals surface area contributed by atoms with Crippen molar-refractivity contribution >= 4 is 44.6 Å². The van der Waals surface area contributed by atoms with Gasteiger partial charge in [-0.15, -0.1) is 22.9 Å². The molecule has 0 unspecified atom stereocenters. The molecule has 21 heavy (non-hydrogen) atoms. The third-order valence-corrected chi connectivity index (χ3v) is 6.06. The minimum absolute atomic E-state index is 0.229. The molecule has 0 radical (unpaired) electrons. The molecule has 0 aliphatic heterocycles. The van der Waals surface area contributed by atoms with Crippen molar-refractivity contribution in [1.82, 2.24) is 4.72 Å². The number of nitrogens with one attached hydrogen (secondary N) is 1. The van der Waals surface area contributed by atoms with E-state index in [0.717, 1.165) is 17.7 Å². The third-order valence-electron chi connectivity index (χ3n) is 2.90. The van der Waals surface area contributed by atoms with Gasteiger partial charge in [0.05, 0.1) is 10.8 Å². The highest BCUT2D eigenvalue weighted by Crippen LogP contribution is 2.18. The smallest absolute Gasteiger partial charge is 0.211 e. The Morgan fingerprint density at radius 1 is 1.19 bits per heavy atom. The lowest BCUT2D eigenvalue weighted by Crippen LogP contribution is -2.25. The number of rotatable bonds is 7. The third kappa shape index (κ3) is 4.97. The van der Waals surface area contributed by atoms with E-state index in [1.54, 1.807) is 23.5 Å². The molecule has 1 aromatic heterocycles. The molecule has 7 heteroatoms. The zero-order valence-corrected chi connectivity index (χ0v) is 14.3. The van der Waals surface area contributed by atoms with Gasteiger partial charge in [-0.05, 0) is 54.1 Å². The number of aryl methyl sites for hydroxylation is 1. The van der Waals surface area contributed by atoms with Crippen LogP contribution in [0.2, 0.25) is 5.02 Å². The summed E-state index contributed by atoms with van der Waals surface area (Å²) in [6.07, 6.45) is 1.57. The van der Waals surface area contributed by atoms with E-state index in [0.29, 0.717) is 17.4 Å². The monoisotopic (exact) mass is 363 g/mol. The molecule has 0 saturated carbocycles. The molecular weight excluding hydrogens is 349 g/mol. The van der Waals surface area contributed by atoms with Gasteiger partial charge in [0.2, 0.25) is 10.0 Å². The number of hydrogen-bond acceptors (Lipinski definition) is 3. The summed E-state index contributed by atoms with van der Waals surface area (Å²) in [6.45, 7) is 0.400. The lowest BCUT2D eigenvalue weighted by Gasteiger charge is -2.06. The summed E-state index contributed by atoms with van der Waals surface area (Å²) < 4.78 is 26.7. The summed E-state index contributed by atoms with van der Waals surface area (Å²) in [7, 11) is -3.46. The van der Waals surface area contributed by atoms with Crippen LogP contribution >= 0.6 is 34.5 Å². The van der Waals surface area contributed by atoms with Crippen molar-refractivity contribution in [2.75, 3.05) is 6.54 Å². The van der Waals surface area contributed by atoms with Crippen LogP contribution in [0.25, 0.3) is 0 Å². The largest absolute Gasteiger partial charge is 0.240 e. The number of hydrogen-bond donors (Lipinski definition) is 1. The second-order valence-corrected chi connectivity index (χ2v) is 7.98. The van der Waals surface area contributed by atoms with E-state index < -0.39 is 10.0 Å². The highest BCUT2D eigenvalue weighted by Gasteiger charge is 2.12. The predicted octanol–water partition coefficient (Wildman–Crippen LogP) is 4.05. The summed E-state index contributed by atoms with van der Waals surface area (Å²) in [6, 6.07) is 8.18. The topological polar surface area (TPSA) is 46.2 Å². The first-order valence-corrected chi connectivity index (χ1v) is 9.66. The molecule has 0 bridgehead atoms. The molecule has 114 valence electrons. The van der Waals surface area contributed by atoms with Crippen LogP contribution in [0.5, 0.6) is 0 Å². The van der Waals surface area contributed by atoms with Crippen molar-refractivity contribution in [3.8, 4) is 0 Å². The van der Waals surface area contributed by atoms with Crippen molar-refractivity contribution in [2.24, 2.45) is 0 Å². The van der Waals surface area contributed by atoms with Crippen molar-refractivity contribution < 1.29 is 8.42 Å². The van der Waals surface area contributed by atoms with Crippen LogP contribution in [-0.4, -0.2) is 15.0 Å². The van der Waals surface area contributed by atoms with E-state index in [2.05, 4.69) is 16.2 Å². The molecule has 1 N–H and O–H groups in total. The zero-order chi connectivity index (χ0) is 15.3. The SMILES string of the molecule is O=S(=O)(NCCCc1csc(CCl)c1)c1ccc(Cl)cc1. The predicted molar refractivity (Wildman–Crippen MR) is 88.8 cm³/mol. The molecule has 2 aromatic rings. The molecule has 3 nitrogen and oxygen atoms in total. The Balaban J connectivity index is 1.83. The molecule has 1 aromatic carbocycles. The second kappa shape index (κ2) is 7.61. The van der Waals surface area contributed by atoms with Crippen molar-refractivity contribution in [3.63, 3.8) is 0 Å². The molecule has 0 aliphatic carbocycles. The van der Waals surface area contributed by atoms with Crippen molar-refractivity contribution in [3.05, 3.63) is 51.2 Å². The molecular formula is C14H15Cl2NO2S2. The molecule has 1 heterocycles. The average Bonchev–Trinajstić information content (AvgIpc) is 2.92. The first kappa shape index (κ1) is 16.8. The number of halogens is 2. The first-order valence-electron chi connectivity index (χ1n) is 6.39. The van der Waals surface area contributed by atoms with Gasteiger partial charge < -0.3 is 0 Å². The molecule has 2 rings (SSSR count). The number of sulfonamides is 1. The van der Waals surface area contributed by atoms with Crippen LogP contribution in [-0.2, 0) is 22.3 Å². The van der Waals surface area contributed by atoms with Gasteiger partial charge in [0.15, 0.2) is 0 Å². The summed E-state index contributed by atoms with van der Waals surface area (Å²) in [5, 5.41) is 2.58. The maximum absolute atomic E-state index is 12.0. The molecule has 0 amide bonds. The minimum Gasteiger partial charge on any atom is -0.211 e. The Morgan fingerprint density at radius 3 is 2.52 bits per heavy atom.